The van der Waals surface area contributed by atoms with Gasteiger partial charge in [0.05, 0.1) is 17.0 Å². The maximum absolute atomic E-state index is 13.9. The first-order chi connectivity index (χ1) is 12.5. The summed E-state index contributed by atoms with van der Waals surface area (Å²) in [5.41, 5.74) is 1.99. The van der Waals surface area contributed by atoms with Gasteiger partial charge in [0.25, 0.3) is 5.91 Å². The summed E-state index contributed by atoms with van der Waals surface area (Å²) in [6.07, 6.45) is 0.347. The van der Waals surface area contributed by atoms with Crippen LogP contribution in [0.25, 0.3) is 0 Å². The highest BCUT2D eigenvalue weighted by Gasteiger charge is 2.27. The van der Waals surface area contributed by atoms with Crippen molar-refractivity contribution in [2.24, 2.45) is 0 Å². The highest BCUT2D eigenvalue weighted by molar-refractivity contribution is 6.33. The van der Waals surface area contributed by atoms with Crippen molar-refractivity contribution in [1.29, 1.82) is 0 Å². The van der Waals surface area contributed by atoms with E-state index < -0.39 is 11.7 Å². The Kier molecular flexibility index (Phi) is 5.57. The average molecular weight is 375 g/mol. The van der Waals surface area contributed by atoms with Crippen molar-refractivity contribution in [3.63, 3.8) is 0 Å². The Bertz CT molecular complexity index is 812. The van der Waals surface area contributed by atoms with E-state index in [1.54, 1.807) is 9.80 Å². The zero-order chi connectivity index (χ0) is 18.7. The lowest BCUT2D eigenvalue weighted by Gasteiger charge is -2.35. The molecule has 2 aromatic rings. The number of amides is 2. The van der Waals surface area contributed by atoms with Gasteiger partial charge in [0.15, 0.2) is 0 Å². The minimum atomic E-state index is -0.624. The van der Waals surface area contributed by atoms with Crippen LogP contribution in [-0.2, 0) is 11.2 Å². The second-order valence-electron chi connectivity index (χ2n) is 6.37. The Labute approximate surface area is 157 Å². The molecule has 0 unspecified atom stereocenters. The van der Waals surface area contributed by atoms with Gasteiger partial charge in [-0.1, -0.05) is 41.9 Å². The van der Waals surface area contributed by atoms with Gasteiger partial charge in [-0.2, -0.15) is 0 Å². The fourth-order valence-electron chi connectivity index (χ4n) is 3.10. The second kappa shape index (κ2) is 7.87. The van der Waals surface area contributed by atoms with Crippen molar-refractivity contribution in [2.75, 3.05) is 26.2 Å². The quantitative estimate of drug-likeness (QED) is 0.827. The zero-order valence-electron chi connectivity index (χ0n) is 14.5. The van der Waals surface area contributed by atoms with Crippen LogP contribution in [0.2, 0.25) is 5.02 Å². The van der Waals surface area contributed by atoms with Gasteiger partial charge >= 0.3 is 0 Å². The minimum absolute atomic E-state index is 0.0373. The Balaban J connectivity index is 1.61. The normalized spacial score (nSPS) is 14.4. The Morgan fingerprint density at radius 1 is 1.00 bits per heavy atom. The monoisotopic (exact) mass is 374 g/mol. The predicted molar refractivity (Wildman–Crippen MR) is 98.8 cm³/mol. The second-order valence-corrected chi connectivity index (χ2v) is 6.78. The summed E-state index contributed by atoms with van der Waals surface area (Å²) < 4.78 is 13.9. The standard InChI is InChI=1S/C20H20ClFN2O2/c1-14-5-2-3-6-15(14)13-18(25)23-9-11-24(12-10-23)20(26)19-16(21)7-4-8-17(19)22/h2-8H,9-13H2,1H3. The molecule has 1 aliphatic heterocycles. The van der Waals surface area contributed by atoms with Crippen molar-refractivity contribution in [1.82, 2.24) is 9.80 Å². The van der Waals surface area contributed by atoms with Crippen LogP contribution in [0.4, 0.5) is 4.39 Å². The molecule has 1 heterocycles. The number of aryl methyl sites for hydroxylation is 1. The van der Waals surface area contributed by atoms with Crippen LogP contribution in [0.3, 0.4) is 0 Å². The summed E-state index contributed by atoms with van der Waals surface area (Å²) in [5, 5.41) is 0.105. The maximum Gasteiger partial charge on any atom is 0.258 e. The highest BCUT2D eigenvalue weighted by Crippen LogP contribution is 2.21. The first kappa shape index (κ1) is 18.4. The molecule has 4 nitrogen and oxygen atoms in total. The number of rotatable bonds is 3. The third kappa shape index (κ3) is 3.88. The fourth-order valence-corrected chi connectivity index (χ4v) is 3.35. The van der Waals surface area contributed by atoms with Crippen molar-refractivity contribution < 1.29 is 14.0 Å². The van der Waals surface area contributed by atoms with Crippen molar-refractivity contribution in [3.05, 3.63) is 70.0 Å². The van der Waals surface area contributed by atoms with E-state index in [-0.39, 0.29) is 16.5 Å². The molecule has 136 valence electrons. The summed E-state index contributed by atoms with van der Waals surface area (Å²) in [7, 11) is 0. The van der Waals surface area contributed by atoms with E-state index >= 15 is 0 Å². The van der Waals surface area contributed by atoms with Gasteiger partial charge in [-0.3, -0.25) is 9.59 Å². The highest BCUT2D eigenvalue weighted by atomic mass is 35.5. The van der Waals surface area contributed by atoms with E-state index in [2.05, 4.69) is 0 Å². The van der Waals surface area contributed by atoms with Crippen LogP contribution >= 0.6 is 11.6 Å². The molecule has 1 fully saturated rings. The summed E-state index contributed by atoms with van der Waals surface area (Å²) in [4.78, 5) is 28.4. The van der Waals surface area contributed by atoms with Crippen molar-refractivity contribution in [3.8, 4) is 0 Å². The fraction of sp³-hybridized carbons (Fsp3) is 0.300. The van der Waals surface area contributed by atoms with E-state index in [0.29, 0.717) is 32.6 Å². The van der Waals surface area contributed by atoms with Gasteiger partial charge in [-0.25, -0.2) is 4.39 Å². The molecular weight excluding hydrogens is 355 g/mol. The lowest BCUT2D eigenvalue weighted by molar-refractivity contribution is -0.131. The first-order valence-corrected chi connectivity index (χ1v) is 8.90. The number of hydrogen-bond acceptors (Lipinski definition) is 2. The smallest absolute Gasteiger partial charge is 0.258 e. The molecule has 2 aromatic carbocycles. The number of benzene rings is 2. The van der Waals surface area contributed by atoms with Gasteiger partial charge in [0.2, 0.25) is 5.91 Å². The van der Waals surface area contributed by atoms with Crippen LogP contribution in [0.5, 0.6) is 0 Å². The van der Waals surface area contributed by atoms with Crippen LogP contribution < -0.4 is 0 Å². The van der Waals surface area contributed by atoms with Crippen LogP contribution in [0, 0.1) is 12.7 Å². The number of piperazine rings is 1. The largest absolute Gasteiger partial charge is 0.339 e. The molecule has 26 heavy (non-hydrogen) atoms. The van der Waals surface area contributed by atoms with E-state index in [0.717, 1.165) is 11.1 Å². The number of hydrogen-bond donors (Lipinski definition) is 0. The van der Waals surface area contributed by atoms with Gasteiger partial charge < -0.3 is 9.80 Å². The van der Waals surface area contributed by atoms with E-state index in [1.807, 2.05) is 31.2 Å². The third-order valence-electron chi connectivity index (χ3n) is 4.70. The molecule has 2 amide bonds. The molecule has 0 saturated carbocycles. The van der Waals surface area contributed by atoms with Gasteiger partial charge in [-0.05, 0) is 30.2 Å². The molecule has 0 bridgehead atoms. The molecule has 0 aliphatic carbocycles. The lowest BCUT2D eigenvalue weighted by Crippen LogP contribution is -2.51. The predicted octanol–water partition coefficient (Wildman–Crippen LogP) is 3.31. The Morgan fingerprint density at radius 2 is 1.65 bits per heavy atom. The Morgan fingerprint density at radius 3 is 2.31 bits per heavy atom. The van der Waals surface area contributed by atoms with Crippen molar-refractivity contribution in [2.45, 2.75) is 13.3 Å². The van der Waals surface area contributed by atoms with Gasteiger partial charge in [0.1, 0.15) is 5.82 Å². The Hall–Kier alpha value is -2.40. The van der Waals surface area contributed by atoms with Crippen LogP contribution in [0.15, 0.2) is 42.5 Å². The molecule has 0 atom stereocenters. The molecule has 0 N–H and O–H groups in total. The number of halogens is 2. The molecule has 1 aliphatic rings. The maximum atomic E-state index is 13.9. The molecule has 0 spiro atoms. The van der Waals surface area contributed by atoms with E-state index in [4.69, 9.17) is 11.6 Å². The van der Waals surface area contributed by atoms with Crippen LogP contribution in [-0.4, -0.2) is 47.8 Å². The molecule has 6 heteroatoms. The zero-order valence-corrected chi connectivity index (χ0v) is 15.3. The first-order valence-electron chi connectivity index (χ1n) is 8.53. The summed E-state index contributed by atoms with van der Waals surface area (Å²) in [6.45, 7) is 3.58. The SMILES string of the molecule is Cc1ccccc1CC(=O)N1CCN(C(=O)c2c(F)cccc2Cl)CC1. The molecule has 0 aromatic heterocycles. The van der Waals surface area contributed by atoms with Gasteiger partial charge in [0, 0.05) is 26.2 Å². The molecule has 0 radical (unpaired) electrons. The molecule has 3 rings (SSSR count). The van der Waals surface area contributed by atoms with Gasteiger partial charge in [-0.15, -0.1) is 0 Å². The topological polar surface area (TPSA) is 40.6 Å². The number of carbonyl (C=O) groups excluding carboxylic acids is 2. The summed E-state index contributed by atoms with van der Waals surface area (Å²) in [6, 6.07) is 12.0. The van der Waals surface area contributed by atoms with E-state index in [1.165, 1.54) is 18.2 Å². The van der Waals surface area contributed by atoms with Crippen LogP contribution in [0.1, 0.15) is 21.5 Å². The number of carbonyl (C=O) groups is 2. The molecule has 1 saturated heterocycles. The average Bonchev–Trinajstić information content (AvgIpc) is 2.63. The van der Waals surface area contributed by atoms with E-state index in [9.17, 15) is 14.0 Å². The lowest BCUT2D eigenvalue weighted by atomic mass is 10.1. The molecular formula is C20H20ClFN2O2. The third-order valence-corrected chi connectivity index (χ3v) is 5.01. The summed E-state index contributed by atoms with van der Waals surface area (Å²) in [5.74, 6) is -1.02. The minimum Gasteiger partial charge on any atom is -0.339 e. The number of nitrogens with zero attached hydrogens (tertiary/aromatic N) is 2. The van der Waals surface area contributed by atoms with Crippen molar-refractivity contribution >= 4 is 23.4 Å². The summed E-state index contributed by atoms with van der Waals surface area (Å²) >= 11 is 5.98.